The maximum absolute atomic E-state index is 12.9. The van der Waals surface area contributed by atoms with Crippen molar-refractivity contribution in [1.82, 2.24) is 4.90 Å². The summed E-state index contributed by atoms with van der Waals surface area (Å²) in [6.45, 7) is 0.798. The molecule has 0 bridgehead atoms. The Hall–Kier alpha value is -1.56. The Kier molecular flexibility index (Phi) is 4.32. The van der Waals surface area contributed by atoms with Crippen LogP contribution >= 0.6 is 0 Å². The zero-order valence-electron chi connectivity index (χ0n) is 11.1. The standard InChI is InChI=1S/C14H16F3NO2/c1-20-10-5-4-8-18(9-10)13(19)11-6-2-3-7-12(11)14(15,16)17/h2-3,6-7,10H,4-5,8-9H2,1H3/t10-/m0/s1. The van der Waals surface area contributed by atoms with Gasteiger partial charge < -0.3 is 9.64 Å². The Morgan fingerprint density at radius 3 is 2.70 bits per heavy atom. The molecule has 1 atom stereocenters. The van der Waals surface area contributed by atoms with E-state index in [1.165, 1.54) is 23.1 Å². The third-order valence-electron chi connectivity index (χ3n) is 3.46. The van der Waals surface area contributed by atoms with Gasteiger partial charge in [0.1, 0.15) is 0 Å². The Labute approximate surface area is 115 Å². The van der Waals surface area contributed by atoms with Crippen LogP contribution in [-0.2, 0) is 10.9 Å². The van der Waals surface area contributed by atoms with Crippen molar-refractivity contribution in [3.05, 3.63) is 35.4 Å². The third kappa shape index (κ3) is 3.12. The molecule has 1 saturated heterocycles. The van der Waals surface area contributed by atoms with E-state index in [2.05, 4.69) is 0 Å². The molecule has 0 radical (unpaired) electrons. The molecule has 0 unspecified atom stereocenters. The van der Waals surface area contributed by atoms with E-state index in [-0.39, 0.29) is 11.7 Å². The van der Waals surface area contributed by atoms with Crippen molar-refractivity contribution in [1.29, 1.82) is 0 Å². The van der Waals surface area contributed by atoms with Gasteiger partial charge in [-0.3, -0.25) is 4.79 Å². The topological polar surface area (TPSA) is 29.5 Å². The van der Waals surface area contributed by atoms with E-state index >= 15 is 0 Å². The lowest BCUT2D eigenvalue weighted by Crippen LogP contribution is -2.43. The summed E-state index contributed by atoms with van der Waals surface area (Å²) in [4.78, 5) is 13.7. The first-order valence-electron chi connectivity index (χ1n) is 6.41. The molecule has 1 fully saturated rings. The van der Waals surface area contributed by atoms with Crippen molar-refractivity contribution >= 4 is 5.91 Å². The minimum absolute atomic E-state index is 0.106. The molecule has 0 aromatic heterocycles. The maximum Gasteiger partial charge on any atom is 0.417 e. The van der Waals surface area contributed by atoms with Crippen LogP contribution in [0.4, 0.5) is 13.2 Å². The highest BCUT2D eigenvalue weighted by molar-refractivity contribution is 5.96. The summed E-state index contributed by atoms with van der Waals surface area (Å²) in [5.74, 6) is -0.584. The summed E-state index contributed by atoms with van der Waals surface area (Å²) in [6, 6.07) is 4.89. The molecular weight excluding hydrogens is 271 g/mol. The summed E-state index contributed by atoms with van der Waals surface area (Å²) in [7, 11) is 1.54. The number of carbonyl (C=O) groups is 1. The number of halogens is 3. The van der Waals surface area contributed by atoms with Crippen LogP contribution in [0.25, 0.3) is 0 Å². The number of amides is 1. The van der Waals surface area contributed by atoms with Gasteiger partial charge in [-0.15, -0.1) is 0 Å². The van der Waals surface area contributed by atoms with Crippen LogP contribution in [0.3, 0.4) is 0 Å². The normalized spacial score (nSPS) is 20.0. The number of benzene rings is 1. The van der Waals surface area contributed by atoms with E-state index in [1.807, 2.05) is 0 Å². The molecule has 1 aromatic rings. The fourth-order valence-corrected chi connectivity index (χ4v) is 2.40. The van der Waals surface area contributed by atoms with Crippen molar-refractivity contribution in [2.45, 2.75) is 25.1 Å². The van der Waals surface area contributed by atoms with E-state index in [0.29, 0.717) is 13.1 Å². The van der Waals surface area contributed by atoms with Gasteiger partial charge in [-0.2, -0.15) is 13.2 Å². The molecule has 20 heavy (non-hydrogen) atoms. The Balaban J connectivity index is 2.25. The second-order valence-electron chi connectivity index (χ2n) is 4.79. The summed E-state index contributed by atoms with van der Waals surface area (Å²) in [5, 5.41) is 0. The van der Waals surface area contributed by atoms with Gasteiger partial charge >= 0.3 is 6.18 Å². The number of hydrogen-bond acceptors (Lipinski definition) is 2. The van der Waals surface area contributed by atoms with Crippen LogP contribution in [0, 0.1) is 0 Å². The molecule has 0 spiro atoms. The van der Waals surface area contributed by atoms with E-state index in [4.69, 9.17) is 4.74 Å². The summed E-state index contributed by atoms with van der Waals surface area (Å²) >= 11 is 0. The van der Waals surface area contributed by atoms with E-state index in [0.717, 1.165) is 18.9 Å². The number of ether oxygens (including phenoxy) is 1. The molecule has 110 valence electrons. The zero-order valence-corrected chi connectivity index (χ0v) is 11.1. The highest BCUT2D eigenvalue weighted by atomic mass is 19.4. The van der Waals surface area contributed by atoms with Crippen molar-refractivity contribution in [3.8, 4) is 0 Å². The minimum Gasteiger partial charge on any atom is -0.380 e. The van der Waals surface area contributed by atoms with Gasteiger partial charge in [-0.05, 0) is 25.0 Å². The smallest absolute Gasteiger partial charge is 0.380 e. The van der Waals surface area contributed by atoms with Gasteiger partial charge in [0, 0.05) is 20.2 Å². The van der Waals surface area contributed by atoms with Gasteiger partial charge in [0.15, 0.2) is 0 Å². The number of piperidine rings is 1. The third-order valence-corrected chi connectivity index (χ3v) is 3.46. The van der Waals surface area contributed by atoms with Crippen LogP contribution in [-0.4, -0.2) is 37.1 Å². The Bertz CT molecular complexity index is 488. The van der Waals surface area contributed by atoms with Gasteiger partial charge in [-0.25, -0.2) is 0 Å². The molecule has 1 amide bonds. The zero-order chi connectivity index (χ0) is 14.8. The van der Waals surface area contributed by atoms with Gasteiger partial charge in [0.2, 0.25) is 0 Å². The largest absolute Gasteiger partial charge is 0.417 e. The molecule has 0 saturated carbocycles. The van der Waals surface area contributed by atoms with Crippen molar-refractivity contribution in [2.75, 3.05) is 20.2 Å². The van der Waals surface area contributed by atoms with Gasteiger partial charge in [0.25, 0.3) is 5.91 Å². The maximum atomic E-state index is 12.9. The average Bonchev–Trinajstić information content (AvgIpc) is 2.45. The van der Waals surface area contributed by atoms with Crippen LogP contribution in [0.1, 0.15) is 28.8 Å². The minimum atomic E-state index is -4.53. The molecule has 6 heteroatoms. The number of methoxy groups -OCH3 is 1. The molecular formula is C14H16F3NO2. The summed E-state index contributed by atoms with van der Waals surface area (Å²) in [6.07, 6.45) is -3.08. The van der Waals surface area contributed by atoms with Gasteiger partial charge in [0.05, 0.1) is 17.2 Å². The van der Waals surface area contributed by atoms with Crippen LogP contribution in [0.5, 0.6) is 0 Å². The number of nitrogens with zero attached hydrogens (tertiary/aromatic N) is 1. The number of alkyl halides is 3. The molecule has 1 aromatic carbocycles. The number of likely N-dealkylation sites (tertiary alicyclic amines) is 1. The summed E-state index contributed by atoms with van der Waals surface area (Å²) in [5.41, 5.74) is -1.18. The van der Waals surface area contributed by atoms with Crippen molar-refractivity contribution < 1.29 is 22.7 Å². The number of rotatable bonds is 2. The van der Waals surface area contributed by atoms with Crippen molar-refractivity contribution in [3.63, 3.8) is 0 Å². The summed E-state index contributed by atoms with van der Waals surface area (Å²) < 4.78 is 44.0. The molecule has 0 aliphatic carbocycles. The second kappa shape index (κ2) is 5.83. The fraction of sp³-hybridized carbons (Fsp3) is 0.500. The Morgan fingerprint density at radius 1 is 1.35 bits per heavy atom. The van der Waals surface area contributed by atoms with E-state index in [1.54, 1.807) is 7.11 Å². The quantitative estimate of drug-likeness (QED) is 0.837. The lowest BCUT2D eigenvalue weighted by atomic mass is 10.0. The molecule has 1 aliphatic rings. The van der Waals surface area contributed by atoms with Crippen molar-refractivity contribution in [2.24, 2.45) is 0 Å². The number of hydrogen-bond donors (Lipinski definition) is 0. The average molecular weight is 287 g/mol. The predicted molar refractivity (Wildman–Crippen MR) is 67.4 cm³/mol. The second-order valence-corrected chi connectivity index (χ2v) is 4.79. The molecule has 2 rings (SSSR count). The molecule has 0 N–H and O–H groups in total. The fourth-order valence-electron chi connectivity index (χ4n) is 2.40. The first-order valence-corrected chi connectivity index (χ1v) is 6.41. The molecule has 1 heterocycles. The molecule has 1 aliphatic heterocycles. The highest BCUT2D eigenvalue weighted by Gasteiger charge is 2.36. The SMILES string of the molecule is CO[C@H]1CCCN(C(=O)c2ccccc2C(F)(F)F)C1. The predicted octanol–water partition coefficient (Wildman–Crippen LogP) is 2.96. The van der Waals surface area contributed by atoms with E-state index in [9.17, 15) is 18.0 Å². The number of carbonyl (C=O) groups excluding carboxylic acids is 1. The van der Waals surface area contributed by atoms with Crippen LogP contribution in [0.15, 0.2) is 24.3 Å². The first-order chi connectivity index (χ1) is 9.43. The Morgan fingerprint density at radius 2 is 2.05 bits per heavy atom. The highest BCUT2D eigenvalue weighted by Crippen LogP contribution is 2.32. The van der Waals surface area contributed by atoms with Crippen LogP contribution < -0.4 is 0 Å². The first kappa shape index (κ1) is 14.8. The van der Waals surface area contributed by atoms with E-state index < -0.39 is 17.6 Å². The van der Waals surface area contributed by atoms with Gasteiger partial charge in [-0.1, -0.05) is 12.1 Å². The lowest BCUT2D eigenvalue weighted by molar-refractivity contribution is -0.138. The monoisotopic (exact) mass is 287 g/mol. The molecule has 3 nitrogen and oxygen atoms in total. The lowest BCUT2D eigenvalue weighted by Gasteiger charge is -2.32. The van der Waals surface area contributed by atoms with Crippen LogP contribution in [0.2, 0.25) is 0 Å².